The molecule has 0 N–H and O–H groups in total. The molecule has 0 aliphatic carbocycles. The molecule has 0 unspecified atom stereocenters. The third kappa shape index (κ3) is 6.03. The lowest BCUT2D eigenvalue weighted by atomic mass is 9.97. The van der Waals surface area contributed by atoms with Gasteiger partial charge in [0.15, 0.2) is 0 Å². The maximum Gasteiger partial charge on any atom is 0.0640 e. The third-order valence-corrected chi connectivity index (χ3v) is 12.7. The number of rotatable bonds is 7. The predicted octanol–water partition coefficient (Wildman–Crippen LogP) is 16.5. The SMILES string of the molecule is c1ccc(-c2ccc3cc(-c4ccc(N(c5ccc(-c6cccc7ccccc67)cc5)c5cccc6c5sc5c(-c7ccccc7)cccc56)cc4)ccc3c2)cc1. The van der Waals surface area contributed by atoms with Crippen molar-refractivity contribution in [1.29, 1.82) is 0 Å². The minimum Gasteiger partial charge on any atom is -0.309 e. The molecule has 0 amide bonds. The summed E-state index contributed by atoms with van der Waals surface area (Å²) in [5, 5.41) is 7.56. The number of benzene rings is 10. The van der Waals surface area contributed by atoms with Crippen LogP contribution in [0.25, 0.3) is 86.2 Å². The quantitative estimate of drug-likeness (QED) is 0.157. The fourth-order valence-corrected chi connectivity index (χ4v) is 9.90. The third-order valence-electron chi connectivity index (χ3n) is 11.5. The van der Waals surface area contributed by atoms with E-state index in [4.69, 9.17) is 0 Å². The van der Waals surface area contributed by atoms with Crippen molar-refractivity contribution in [2.75, 3.05) is 4.90 Å². The molecule has 11 rings (SSSR count). The highest BCUT2D eigenvalue weighted by atomic mass is 32.1. The predicted molar refractivity (Wildman–Crippen MR) is 251 cm³/mol. The first kappa shape index (κ1) is 34.0. The molecule has 0 atom stereocenters. The fourth-order valence-electron chi connectivity index (χ4n) is 8.56. The Hall–Kier alpha value is -7.26. The van der Waals surface area contributed by atoms with Gasteiger partial charge in [0.05, 0.1) is 10.4 Å². The molecule has 0 radical (unpaired) electrons. The van der Waals surface area contributed by atoms with Gasteiger partial charge in [-0.15, -0.1) is 11.3 Å². The van der Waals surface area contributed by atoms with Crippen LogP contribution in [-0.2, 0) is 0 Å². The van der Waals surface area contributed by atoms with Crippen LogP contribution in [0, 0.1) is 0 Å². The van der Waals surface area contributed by atoms with Gasteiger partial charge in [-0.3, -0.25) is 0 Å². The Morgan fingerprint density at radius 2 is 0.741 bits per heavy atom. The van der Waals surface area contributed by atoms with Crippen LogP contribution in [-0.4, -0.2) is 0 Å². The number of anilines is 3. The van der Waals surface area contributed by atoms with E-state index in [1.54, 1.807) is 0 Å². The molecule has 272 valence electrons. The van der Waals surface area contributed by atoms with Gasteiger partial charge in [0.25, 0.3) is 0 Å². The standard InChI is InChI=1S/C56H37NS/c1-3-12-38(13-4-1)43-24-26-46-37-44(25-27-45(46)36-43)39-28-32-47(33-29-39)57(48-34-30-42(31-35-48)50-19-9-17-40-16-7-8-18-49(40)50)54-23-11-22-53-52-21-10-20-51(55(52)58-56(53)54)41-14-5-2-6-15-41/h1-37H. The molecule has 1 heterocycles. The van der Waals surface area contributed by atoms with E-state index in [1.807, 2.05) is 11.3 Å². The Bertz CT molecular complexity index is 3250. The van der Waals surface area contributed by atoms with Gasteiger partial charge in [0, 0.05) is 26.8 Å². The largest absolute Gasteiger partial charge is 0.309 e. The van der Waals surface area contributed by atoms with E-state index in [1.165, 1.54) is 91.9 Å². The maximum absolute atomic E-state index is 2.43. The summed E-state index contributed by atoms with van der Waals surface area (Å²) in [6.07, 6.45) is 0. The van der Waals surface area contributed by atoms with Gasteiger partial charge < -0.3 is 4.90 Å². The molecule has 0 saturated heterocycles. The topological polar surface area (TPSA) is 3.24 Å². The number of hydrogen-bond donors (Lipinski definition) is 0. The highest BCUT2D eigenvalue weighted by Crippen LogP contribution is 2.47. The van der Waals surface area contributed by atoms with Crippen molar-refractivity contribution in [3.8, 4) is 44.5 Å². The highest BCUT2D eigenvalue weighted by molar-refractivity contribution is 7.27. The fraction of sp³-hybridized carbons (Fsp3) is 0. The lowest BCUT2D eigenvalue weighted by Gasteiger charge is -2.26. The molecule has 0 saturated carbocycles. The zero-order valence-corrected chi connectivity index (χ0v) is 32.5. The molecular weight excluding hydrogens is 719 g/mol. The number of thiophene rings is 1. The van der Waals surface area contributed by atoms with Gasteiger partial charge in [-0.05, 0) is 109 Å². The van der Waals surface area contributed by atoms with Gasteiger partial charge in [-0.25, -0.2) is 0 Å². The monoisotopic (exact) mass is 755 g/mol. The molecule has 0 bridgehead atoms. The van der Waals surface area contributed by atoms with Crippen LogP contribution >= 0.6 is 11.3 Å². The van der Waals surface area contributed by atoms with E-state index in [0.29, 0.717) is 0 Å². The lowest BCUT2D eigenvalue weighted by Crippen LogP contribution is -2.10. The first-order valence-electron chi connectivity index (χ1n) is 19.8. The Morgan fingerprint density at radius 1 is 0.276 bits per heavy atom. The van der Waals surface area contributed by atoms with Gasteiger partial charge in [0.1, 0.15) is 0 Å². The van der Waals surface area contributed by atoms with E-state index in [9.17, 15) is 0 Å². The zero-order chi connectivity index (χ0) is 38.4. The number of hydrogen-bond acceptors (Lipinski definition) is 2. The van der Waals surface area contributed by atoms with E-state index < -0.39 is 0 Å². The van der Waals surface area contributed by atoms with E-state index in [-0.39, 0.29) is 0 Å². The first-order valence-corrected chi connectivity index (χ1v) is 20.6. The molecule has 0 fully saturated rings. The Kier molecular flexibility index (Phi) is 8.42. The second-order valence-corrected chi connectivity index (χ2v) is 15.9. The lowest BCUT2D eigenvalue weighted by molar-refractivity contribution is 1.30. The average Bonchev–Trinajstić information content (AvgIpc) is 3.69. The molecule has 10 aromatic carbocycles. The van der Waals surface area contributed by atoms with Crippen molar-refractivity contribution >= 4 is 70.1 Å². The Balaban J connectivity index is 1.02. The molecule has 1 aromatic heterocycles. The van der Waals surface area contributed by atoms with Gasteiger partial charge in [-0.2, -0.15) is 0 Å². The van der Waals surface area contributed by atoms with Crippen molar-refractivity contribution in [2.45, 2.75) is 0 Å². The normalized spacial score (nSPS) is 11.4. The summed E-state index contributed by atoms with van der Waals surface area (Å²) in [4.78, 5) is 2.43. The summed E-state index contributed by atoms with van der Waals surface area (Å²) >= 11 is 1.89. The minimum absolute atomic E-state index is 1.11. The molecule has 2 heteroatoms. The summed E-state index contributed by atoms with van der Waals surface area (Å²) in [5.41, 5.74) is 13.2. The second-order valence-electron chi connectivity index (χ2n) is 14.9. The summed E-state index contributed by atoms with van der Waals surface area (Å²) in [7, 11) is 0. The van der Waals surface area contributed by atoms with Crippen molar-refractivity contribution in [1.82, 2.24) is 0 Å². The Morgan fingerprint density at radius 3 is 1.43 bits per heavy atom. The van der Waals surface area contributed by atoms with Crippen LogP contribution in [0.15, 0.2) is 224 Å². The van der Waals surface area contributed by atoms with Crippen LogP contribution in [0.3, 0.4) is 0 Å². The summed E-state index contributed by atoms with van der Waals surface area (Å²) in [6, 6.07) is 81.8. The van der Waals surface area contributed by atoms with Gasteiger partial charge >= 0.3 is 0 Å². The molecular formula is C56H37NS. The summed E-state index contributed by atoms with van der Waals surface area (Å²) < 4.78 is 2.58. The Labute approximate surface area is 342 Å². The van der Waals surface area contributed by atoms with Crippen LogP contribution in [0.1, 0.15) is 0 Å². The second kappa shape index (κ2) is 14.4. The van der Waals surface area contributed by atoms with E-state index in [0.717, 1.165) is 11.4 Å². The van der Waals surface area contributed by atoms with Crippen molar-refractivity contribution in [2.24, 2.45) is 0 Å². The van der Waals surface area contributed by atoms with E-state index in [2.05, 4.69) is 229 Å². The first-order chi connectivity index (χ1) is 28.7. The molecule has 0 aliphatic heterocycles. The van der Waals surface area contributed by atoms with E-state index >= 15 is 0 Å². The molecule has 0 spiro atoms. The number of nitrogens with zero attached hydrogens (tertiary/aromatic N) is 1. The van der Waals surface area contributed by atoms with Gasteiger partial charge in [-0.1, -0.05) is 182 Å². The zero-order valence-electron chi connectivity index (χ0n) is 31.7. The minimum atomic E-state index is 1.11. The molecule has 11 aromatic rings. The summed E-state index contributed by atoms with van der Waals surface area (Å²) in [5.74, 6) is 0. The van der Waals surface area contributed by atoms with Gasteiger partial charge in [0.2, 0.25) is 0 Å². The van der Waals surface area contributed by atoms with Crippen molar-refractivity contribution in [3.05, 3.63) is 224 Å². The molecule has 58 heavy (non-hydrogen) atoms. The smallest absolute Gasteiger partial charge is 0.0640 e. The van der Waals surface area contributed by atoms with Crippen LogP contribution < -0.4 is 4.90 Å². The number of fused-ring (bicyclic) bond motifs is 5. The van der Waals surface area contributed by atoms with Crippen LogP contribution in [0.2, 0.25) is 0 Å². The van der Waals surface area contributed by atoms with Crippen LogP contribution in [0.5, 0.6) is 0 Å². The van der Waals surface area contributed by atoms with Crippen LogP contribution in [0.4, 0.5) is 17.1 Å². The van der Waals surface area contributed by atoms with Crippen molar-refractivity contribution in [3.63, 3.8) is 0 Å². The van der Waals surface area contributed by atoms with Crippen molar-refractivity contribution < 1.29 is 0 Å². The highest BCUT2D eigenvalue weighted by Gasteiger charge is 2.20. The average molecular weight is 756 g/mol. The molecule has 1 nitrogen and oxygen atoms in total. The summed E-state index contributed by atoms with van der Waals surface area (Å²) in [6.45, 7) is 0. The molecule has 0 aliphatic rings. The maximum atomic E-state index is 2.43.